The minimum Gasteiger partial charge on any atom is -0.280 e. The van der Waals surface area contributed by atoms with E-state index in [-0.39, 0.29) is 0 Å². The Bertz CT molecular complexity index is 132. The van der Waals surface area contributed by atoms with Crippen LogP contribution in [-0.4, -0.2) is 23.0 Å². The van der Waals surface area contributed by atoms with Gasteiger partial charge in [0.2, 0.25) is 6.41 Å². The lowest BCUT2D eigenvalue weighted by Gasteiger charge is -2.13. The van der Waals surface area contributed by atoms with Gasteiger partial charge in [-0.15, -0.1) is 0 Å². The minimum absolute atomic E-state index is 0.918. The van der Waals surface area contributed by atoms with E-state index in [1.54, 1.807) is 21.8 Å². The highest BCUT2D eigenvalue weighted by molar-refractivity contribution is 8.75. The molecule has 0 aliphatic carbocycles. The molecular weight excluding hydrogens is 202 g/mol. The van der Waals surface area contributed by atoms with Crippen LogP contribution in [0.5, 0.6) is 0 Å². The second-order valence-corrected chi connectivity index (χ2v) is 5.68. The molecule has 1 rings (SSSR count). The Morgan fingerprint density at radius 1 is 1.00 bits per heavy atom. The van der Waals surface area contributed by atoms with Crippen molar-refractivity contribution in [2.75, 3.05) is 12.3 Å². The average molecular weight is 219 g/mol. The van der Waals surface area contributed by atoms with Gasteiger partial charge in [-0.2, -0.15) is 0 Å². The SMILES string of the molecule is O=CN1CCCCCCCCSS1. The summed E-state index contributed by atoms with van der Waals surface area (Å²) in [6, 6.07) is 0. The molecule has 0 unspecified atom stereocenters. The van der Waals surface area contributed by atoms with Crippen LogP contribution in [0.25, 0.3) is 0 Å². The third-order valence-corrected chi connectivity index (χ3v) is 4.53. The topological polar surface area (TPSA) is 20.3 Å². The highest BCUT2D eigenvalue weighted by Crippen LogP contribution is 2.27. The van der Waals surface area contributed by atoms with Gasteiger partial charge in [0.15, 0.2) is 0 Å². The Morgan fingerprint density at radius 3 is 2.46 bits per heavy atom. The number of hydrogen-bond acceptors (Lipinski definition) is 3. The van der Waals surface area contributed by atoms with Crippen molar-refractivity contribution in [2.45, 2.75) is 38.5 Å². The Balaban J connectivity index is 2.22. The summed E-state index contributed by atoms with van der Waals surface area (Å²) in [6.45, 7) is 0.918. The van der Waals surface area contributed by atoms with Crippen LogP contribution in [0.3, 0.4) is 0 Å². The minimum atomic E-state index is 0.918. The van der Waals surface area contributed by atoms with Crippen LogP contribution in [0.15, 0.2) is 0 Å². The van der Waals surface area contributed by atoms with Crippen molar-refractivity contribution in [1.82, 2.24) is 4.31 Å². The van der Waals surface area contributed by atoms with E-state index in [1.165, 1.54) is 37.9 Å². The summed E-state index contributed by atoms with van der Waals surface area (Å²) in [7, 11) is 3.42. The largest absolute Gasteiger partial charge is 0.280 e. The van der Waals surface area contributed by atoms with Crippen LogP contribution < -0.4 is 0 Å². The van der Waals surface area contributed by atoms with Crippen LogP contribution in [0.2, 0.25) is 0 Å². The molecule has 0 aromatic heterocycles. The molecule has 76 valence electrons. The fourth-order valence-electron chi connectivity index (χ4n) is 1.35. The van der Waals surface area contributed by atoms with E-state index >= 15 is 0 Å². The van der Waals surface area contributed by atoms with Gasteiger partial charge in [0.05, 0.1) is 0 Å². The van der Waals surface area contributed by atoms with Gasteiger partial charge in [0, 0.05) is 23.3 Å². The lowest BCUT2D eigenvalue weighted by molar-refractivity contribution is -0.113. The Hall–Kier alpha value is 0.170. The first-order chi connectivity index (χ1) is 6.43. The fourth-order valence-corrected chi connectivity index (χ4v) is 3.43. The van der Waals surface area contributed by atoms with E-state index < -0.39 is 0 Å². The van der Waals surface area contributed by atoms with Gasteiger partial charge in [-0.3, -0.25) is 9.10 Å². The monoisotopic (exact) mass is 219 g/mol. The molecule has 0 aromatic rings. The van der Waals surface area contributed by atoms with Crippen LogP contribution in [0.1, 0.15) is 38.5 Å². The highest BCUT2D eigenvalue weighted by atomic mass is 33.1. The second-order valence-electron chi connectivity index (χ2n) is 3.26. The molecule has 0 bridgehead atoms. The van der Waals surface area contributed by atoms with Gasteiger partial charge in [-0.05, 0) is 12.8 Å². The van der Waals surface area contributed by atoms with Crippen LogP contribution in [-0.2, 0) is 4.79 Å². The third kappa shape index (κ3) is 5.47. The third-order valence-electron chi connectivity index (χ3n) is 2.12. The summed E-state index contributed by atoms with van der Waals surface area (Å²) in [6.07, 6.45) is 8.74. The maximum absolute atomic E-state index is 10.6. The number of nitrogens with zero attached hydrogens (tertiary/aromatic N) is 1. The van der Waals surface area contributed by atoms with Crippen LogP contribution >= 0.6 is 21.8 Å². The maximum Gasteiger partial charge on any atom is 0.220 e. The molecule has 1 heterocycles. The zero-order valence-corrected chi connectivity index (χ0v) is 9.54. The molecular formula is C9H17NOS2. The van der Waals surface area contributed by atoms with Crippen molar-refractivity contribution in [2.24, 2.45) is 0 Å². The van der Waals surface area contributed by atoms with Gasteiger partial charge in [0.25, 0.3) is 0 Å². The molecule has 1 saturated heterocycles. The first-order valence-corrected chi connectivity index (χ1v) is 7.22. The standard InChI is InChI=1S/C9H17NOS2/c11-9-10-7-5-3-1-2-4-6-8-12-13-10/h9H,1-8H2. The van der Waals surface area contributed by atoms with E-state index in [2.05, 4.69) is 0 Å². The number of hydrogen-bond donors (Lipinski definition) is 0. The molecule has 0 saturated carbocycles. The average Bonchev–Trinajstić information content (AvgIpc) is 2.22. The normalized spacial score (nSPS) is 22.0. The predicted octanol–water partition coefficient (Wildman–Crippen LogP) is 3.10. The van der Waals surface area contributed by atoms with E-state index in [9.17, 15) is 4.79 Å². The Kier molecular flexibility index (Phi) is 6.54. The zero-order chi connectivity index (χ0) is 9.36. The van der Waals surface area contributed by atoms with Crippen LogP contribution in [0.4, 0.5) is 0 Å². The van der Waals surface area contributed by atoms with E-state index in [1.807, 2.05) is 4.31 Å². The summed E-state index contributed by atoms with van der Waals surface area (Å²) in [5.41, 5.74) is 0. The molecule has 1 aliphatic rings. The summed E-state index contributed by atoms with van der Waals surface area (Å²) in [5.74, 6) is 1.18. The smallest absolute Gasteiger partial charge is 0.220 e. The second kappa shape index (κ2) is 7.56. The van der Waals surface area contributed by atoms with Crippen molar-refractivity contribution < 1.29 is 4.79 Å². The Morgan fingerprint density at radius 2 is 1.69 bits per heavy atom. The first kappa shape index (κ1) is 11.2. The fraction of sp³-hybridized carbons (Fsp3) is 0.889. The van der Waals surface area contributed by atoms with Crippen molar-refractivity contribution in [3.8, 4) is 0 Å². The number of amides is 1. The molecule has 1 fully saturated rings. The summed E-state index contributed by atoms with van der Waals surface area (Å²) < 4.78 is 1.82. The Labute approximate surface area is 88.4 Å². The van der Waals surface area contributed by atoms with Gasteiger partial charge in [-0.25, -0.2) is 0 Å². The van der Waals surface area contributed by atoms with Crippen molar-refractivity contribution >= 4 is 28.2 Å². The molecule has 0 radical (unpaired) electrons. The molecule has 0 aromatic carbocycles. The number of rotatable bonds is 1. The van der Waals surface area contributed by atoms with E-state index in [4.69, 9.17) is 0 Å². The first-order valence-electron chi connectivity index (χ1n) is 4.95. The van der Waals surface area contributed by atoms with Crippen molar-refractivity contribution in [3.05, 3.63) is 0 Å². The molecule has 2 nitrogen and oxygen atoms in total. The molecule has 4 heteroatoms. The predicted molar refractivity (Wildman–Crippen MR) is 60.5 cm³/mol. The molecule has 0 spiro atoms. The summed E-state index contributed by atoms with van der Waals surface area (Å²) >= 11 is 0. The summed E-state index contributed by atoms with van der Waals surface area (Å²) in [4.78, 5) is 10.6. The van der Waals surface area contributed by atoms with E-state index in [0.717, 1.165) is 19.4 Å². The van der Waals surface area contributed by atoms with E-state index in [0.29, 0.717) is 0 Å². The molecule has 1 amide bonds. The molecule has 13 heavy (non-hydrogen) atoms. The van der Waals surface area contributed by atoms with Crippen LogP contribution in [0, 0.1) is 0 Å². The number of carbonyl (C=O) groups excluding carboxylic acids is 1. The molecule has 1 aliphatic heterocycles. The molecule has 0 N–H and O–H groups in total. The maximum atomic E-state index is 10.6. The lowest BCUT2D eigenvalue weighted by Crippen LogP contribution is -2.13. The lowest BCUT2D eigenvalue weighted by atomic mass is 10.1. The zero-order valence-electron chi connectivity index (χ0n) is 7.91. The highest BCUT2D eigenvalue weighted by Gasteiger charge is 2.04. The van der Waals surface area contributed by atoms with Crippen molar-refractivity contribution in [1.29, 1.82) is 0 Å². The quantitative estimate of drug-likeness (QED) is 0.384. The van der Waals surface area contributed by atoms with Gasteiger partial charge in [-0.1, -0.05) is 36.5 Å². The summed E-state index contributed by atoms with van der Waals surface area (Å²) in [5, 5.41) is 0. The number of carbonyl (C=O) groups is 1. The molecule has 0 atom stereocenters. The van der Waals surface area contributed by atoms with Gasteiger partial charge < -0.3 is 0 Å². The van der Waals surface area contributed by atoms with Crippen molar-refractivity contribution in [3.63, 3.8) is 0 Å². The van der Waals surface area contributed by atoms with Gasteiger partial charge >= 0.3 is 0 Å². The van der Waals surface area contributed by atoms with Gasteiger partial charge in [0.1, 0.15) is 0 Å².